The van der Waals surface area contributed by atoms with Crippen molar-refractivity contribution in [1.82, 2.24) is 5.32 Å². The van der Waals surface area contributed by atoms with Crippen LogP contribution in [0.4, 0.5) is 10.5 Å². The summed E-state index contributed by atoms with van der Waals surface area (Å²) in [5.41, 5.74) is 2.93. The summed E-state index contributed by atoms with van der Waals surface area (Å²) in [5.74, 6) is 0. The van der Waals surface area contributed by atoms with E-state index in [1.807, 2.05) is 32.9 Å². The van der Waals surface area contributed by atoms with Gasteiger partial charge in [-0.1, -0.05) is 6.07 Å². The Morgan fingerprint density at radius 3 is 2.84 bits per heavy atom. The molecule has 1 heterocycles. The third-order valence-electron chi connectivity index (χ3n) is 2.97. The molecule has 0 radical (unpaired) electrons. The zero-order valence-electron chi connectivity index (χ0n) is 11.9. The summed E-state index contributed by atoms with van der Waals surface area (Å²) in [7, 11) is 0. The first kappa shape index (κ1) is 13.9. The van der Waals surface area contributed by atoms with Gasteiger partial charge in [-0.15, -0.1) is 0 Å². The van der Waals surface area contributed by atoms with Crippen LogP contribution >= 0.6 is 0 Å². The molecule has 4 heteroatoms. The average molecular weight is 262 g/mol. The molecule has 0 saturated heterocycles. The van der Waals surface area contributed by atoms with Gasteiger partial charge in [0, 0.05) is 12.2 Å². The largest absolute Gasteiger partial charge is 0.444 e. The number of anilines is 1. The molecule has 1 aliphatic heterocycles. The van der Waals surface area contributed by atoms with Gasteiger partial charge >= 0.3 is 6.09 Å². The Morgan fingerprint density at radius 2 is 2.11 bits per heavy atom. The van der Waals surface area contributed by atoms with E-state index in [1.54, 1.807) is 0 Å². The number of amides is 1. The van der Waals surface area contributed by atoms with Gasteiger partial charge in [-0.05, 0) is 63.4 Å². The number of nitrogens with one attached hydrogen (secondary N) is 2. The minimum atomic E-state index is -0.475. The fourth-order valence-electron chi connectivity index (χ4n) is 2.16. The van der Waals surface area contributed by atoms with Gasteiger partial charge < -0.3 is 10.1 Å². The highest BCUT2D eigenvalue weighted by Crippen LogP contribution is 2.20. The maximum Gasteiger partial charge on any atom is 0.412 e. The van der Waals surface area contributed by atoms with Gasteiger partial charge in [0.1, 0.15) is 5.60 Å². The summed E-state index contributed by atoms with van der Waals surface area (Å²) in [6.07, 6.45) is 1.84. The Morgan fingerprint density at radius 1 is 1.32 bits per heavy atom. The normalized spacial score (nSPS) is 15.3. The van der Waals surface area contributed by atoms with Crippen LogP contribution in [-0.2, 0) is 17.7 Å². The average Bonchev–Trinajstić information content (AvgIpc) is 2.50. The molecule has 2 rings (SSSR count). The molecule has 0 aliphatic carbocycles. The second kappa shape index (κ2) is 5.61. The molecule has 19 heavy (non-hydrogen) atoms. The van der Waals surface area contributed by atoms with Crippen LogP contribution < -0.4 is 10.6 Å². The quantitative estimate of drug-likeness (QED) is 0.817. The van der Waals surface area contributed by atoms with Crippen LogP contribution in [0.2, 0.25) is 0 Å². The second-order valence-electron chi connectivity index (χ2n) is 5.89. The lowest BCUT2D eigenvalue weighted by molar-refractivity contribution is 0.0636. The smallest absolute Gasteiger partial charge is 0.412 e. The molecule has 1 amide bonds. The van der Waals surface area contributed by atoms with E-state index < -0.39 is 11.7 Å². The van der Waals surface area contributed by atoms with Gasteiger partial charge in [0.05, 0.1) is 0 Å². The molecule has 1 aromatic carbocycles. The monoisotopic (exact) mass is 262 g/mol. The molecular formula is C15H22N2O2. The third-order valence-corrected chi connectivity index (χ3v) is 2.97. The van der Waals surface area contributed by atoms with Crippen LogP contribution in [0.3, 0.4) is 0 Å². The topological polar surface area (TPSA) is 50.4 Å². The molecule has 104 valence electrons. The van der Waals surface area contributed by atoms with E-state index in [0.717, 1.165) is 31.6 Å². The van der Waals surface area contributed by atoms with Crippen molar-refractivity contribution in [3.63, 3.8) is 0 Å². The predicted molar refractivity (Wildman–Crippen MR) is 76.3 cm³/mol. The van der Waals surface area contributed by atoms with E-state index in [0.29, 0.717) is 0 Å². The highest BCUT2D eigenvalue weighted by Gasteiger charge is 2.16. The first-order chi connectivity index (χ1) is 8.94. The van der Waals surface area contributed by atoms with Gasteiger partial charge in [0.2, 0.25) is 0 Å². The summed E-state index contributed by atoms with van der Waals surface area (Å²) in [4.78, 5) is 11.7. The Labute approximate surface area is 114 Å². The summed E-state index contributed by atoms with van der Waals surface area (Å²) in [6, 6.07) is 6.06. The van der Waals surface area contributed by atoms with Gasteiger partial charge in [0.25, 0.3) is 0 Å². The van der Waals surface area contributed by atoms with Crippen LogP contribution in [0, 0.1) is 0 Å². The number of hydrogen-bond donors (Lipinski definition) is 2. The number of carbonyl (C=O) groups excluding carboxylic acids is 1. The number of rotatable bonds is 1. The van der Waals surface area contributed by atoms with Crippen molar-refractivity contribution >= 4 is 11.8 Å². The Balaban J connectivity index is 2.05. The van der Waals surface area contributed by atoms with Crippen molar-refractivity contribution in [2.75, 3.05) is 11.9 Å². The number of aryl methyl sites for hydroxylation is 1. The number of carbonyl (C=O) groups is 1. The molecule has 0 atom stereocenters. The highest BCUT2D eigenvalue weighted by atomic mass is 16.6. The van der Waals surface area contributed by atoms with Crippen molar-refractivity contribution in [2.24, 2.45) is 0 Å². The molecule has 0 aromatic heterocycles. The fourth-order valence-corrected chi connectivity index (χ4v) is 2.16. The minimum Gasteiger partial charge on any atom is -0.444 e. The van der Waals surface area contributed by atoms with Crippen molar-refractivity contribution in [3.8, 4) is 0 Å². The molecule has 1 aromatic rings. The molecular weight excluding hydrogens is 240 g/mol. The maximum absolute atomic E-state index is 11.7. The van der Waals surface area contributed by atoms with Crippen LogP contribution in [0.15, 0.2) is 18.2 Å². The van der Waals surface area contributed by atoms with Crippen LogP contribution in [0.1, 0.15) is 38.3 Å². The minimum absolute atomic E-state index is 0.408. The van der Waals surface area contributed by atoms with E-state index in [1.165, 1.54) is 11.1 Å². The Hall–Kier alpha value is -1.55. The molecule has 0 unspecified atom stereocenters. The summed E-state index contributed by atoms with van der Waals surface area (Å²) >= 11 is 0. The van der Waals surface area contributed by atoms with Crippen molar-refractivity contribution in [1.29, 1.82) is 0 Å². The molecule has 0 bridgehead atoms. The van der Waals surface area contributed by atoms with E-state index >= 15 is 0 Å². The molecule has 2 N–H and O–H groups in total. The second-order valence-corrected chi connectivity index (χ2v) is 5.89. The molecule has 0 saturated carbocycles. The first-order valence-corrected chi connectivity index (χ1v) is 6.76. The van der Waals surface area contributed by atoms with Crippen LogP contribution in [0.25, 0.3) is 0 Å². The Kier molecular flexibility index (Phi) is 4.10. The number of fused-ring (bicyclic) bond motifs is 1. The molecule has 1 aliphatic rings. The molecule has 0 fully saturated rings. The van der Waals surface area contributed by atoms with Gasteiger partial charge in [0.15, 0.2) is 0 Å². The molecule has 0 spiro atoms. The van der Waals surface area contributed by atoms with Crippen molar-refractivity contribution in [2.45, 2.75) is 45.8 Å². The Bertz CT molecular complexity index is 464. The van der Waals surface area contributed by atoms with Gasteiger partial charge in [-0.3, -0.25) is 5.32 Å². The fraction of sp³-hybridized carbons (Fsp3) is 0.533. The highest BCUT2D eigenvalue weighted by molar-refractivity contribution is 5.85. The van der Waals surface area contributed by atoms with Gasteiger partial charge in [-0.25, -0.2) is 4.79 Å². The van der Waals surface area contributed by atoms with Gasteiger partial charge in [-0.2, -0.15) is 0 Å². The number of ether oxygens (including phenoxy) is 1. The zero-order chi connectivity index (χ0) is 13.9. The molecule has 4 nitrogen and oxygen atoms in total. The SMILES string of the molecule is CC(C)(C)OC(=O)Nc1ccc2c(c1)CNCCC2. The van der Waals surface area contributed by atoms with Crippen LogP contribution in [0.5, 0.6) is 0 Å². The predicted octanol–water partition coefficient (Wildman–Crippen LogP) is 3.07. The number of benzene rings is 1. The standard InChI is InChI=1S/C15H22N2O2/c1-15(2,3)19-14(18)17-13-7-6-11-5-4-8-16-10-12(11)9-13/h6-7,9,16H,4-5,8,10H2,1-3H3,(H,17,18). The van der Waals surface area contributed by atoms with Crippen molar-refractivity contribution < 1.29 is 9.53 Å². The van der Waals surface area contributed by atoms with Crippen molar-refractivity contribution in [3.05, 3.63) is 29.3 Å². The maximum atomic E-state index is 11.7. The number of hydrogen-bond acceptors (Lipinski definition) is 3. The van der Waals surface area contributed by atoms with E-state index in [9.17, 15) is 4.79 Å². The summed E-state index contributed by atoms with van der Waals surface area (Å²) in [5, 5.41) is 6.16. The van der Waals surface area contributed by atoms with E-state index in [4.69, 9.17) is 4.74 Å². The summed E-state index contributed by atoms with van der Waals surface area (Å²) in [6.45, 7) is 7.47. The third kappa shape index (κ3) is 4.24. The lowest BCUT2D eigenvalue weighted by Crippen LogP contribution is -2.27. The first-order valence-electron chi connectivity index (χ1n) is 6.76. The van der Waals surface area contributed by atoms with Crippen LogP contribution in [-0.4, -0.2) is 18.2 Å². The summed E-state index contributed by atoms with van der Waals surface area (Å²) < 4.78 is 5.24. The van der Waals surface area contributed by atoms with E-state index in [-0.39, 0.29) is 0 Å². The zero-order valence-corrected chi connectivity index (χ0v) is 11.9. The van der Waals surface area contributed by atoms with E-state index in [2.05, 4.69) is 16.7 Å². The lowest BCUT2D eigenvalue weighted by atomic mass is 10.0. The lowest BCUT2D eigenvalue weighted by Gasteiger charge is -2.20.